The number of non-ortho nitro benzene ring substituents is 1. The highest BCUT2D eigenvalue weighted by Gasteiger charge is 2.24. The van der Waals surface area contributed by atoms with Crippen molar-refractivity contribution in [3.63, 3.8) is 0 Å². The molecule has 0 atom stereocenters. The van der Waals surface area contributed by atoms with Gasteiger partial charge in [-0.05, 0) is 31.2 Å². The molecule has 1 N–H and O–H groups in total. The van der Waals surface area contributed by atoms with E-state index in [0.29, 0.717) is 5.56 Å². The molecule has 160 valence electrons. The first-order chi connectivity index (χ1) is 14.8. The van der Waals surface area contributed by atoms with Crippen LogP contribution in [0.4, 0.5) is 11.4 Å². The first-order valence-electron chi connectivity index (χ1n) is 8.72. The zero-order valence-corrected chi connectivity index (χ0v) is 16.2. The van der Waals surface area contributed by atoms with E-state index in [9.17, 15) is 25.0 Å². The molecule has 13 heteroatoms. The van der Waals surface area contributed by atoms with Crippen LogP contribution in [0.5, 0.6) is 17.2 Å². The fourth-order valence-corrected chi connectivity index (χ4v) is 2.64. The number of esters is 1. The third kappa shape index (κ3) is 4.39. The predicted octanol–water partition coefficient (Wildman–Crippen LogP) is 3.27. The highest BCUT2D eigenvalue weighted by Crippen LogP contribution is 2.39. The third-order valence-corrected chi connectivity index (χ3v) is 4.02. The van der Waals surface area contributed by atoms with E-state index in [1.807, 2.05) is 0 Å². The number of H-pyrrole nitrogens is 1. The van der Waals surface area contributed by atoms with Crippen LogP contribution >= 0.6 is 0 Å². The quantitative estimate of drug-likeness (QED) is 0.318. The van der Waals surface area contributed by atoms with Gasteiger partial charge in [0.2, 0.25) is 5.75 Å². The Morgan fingerprint density at radius 1 is 1.03 bits per heavy atom. The number of aromatic nitrogens is 3. The Hall–Kier alpha value is -4.55. The summed E-state index contributed by atoms with van der Waals surface area (Å²) in [6.45, 7) is 1.82. The normalized spacial score (nSPS) is 10.4. The van der Waals surface area contributed by atoms with Gasteiger partial charge in [-0.1, -0.05) is 0 Å². The summed E-state index contributed by atoms with van der Waals surface area (Å²) < 4.78 is 15.8. The van der Waals surface area contributed by atoms with Gasteiger partial charge in [0.1, 0.15) is 5.69 Å². The van der Waals surface area contributed by atoms with E-state index in [1.165, 1.54) is 25.3 Å². The van der Waals surface area contributed by atoms with Gasteiger partial charge < -0.3 is 14.2 Å². The number of nitro groups is 2. The number of nitrogens with zero attached hydrogens (tertiary/aromatic N) is 4. The number of hydrogen-bond donors (Lipinski definition) is 1. The Morgan fingerprint density at radius 3 is 2.42 bits per heavy atom. The Kier molecular flexibility index (Phi) is 6.05. The van der Waals surface area contributed by atoms with Crippen molar-refractivity contribution >= 4 is 17.3 Å². The molecule has 0 amide bonds. The smallest absolute Gasteiger partial charge is 0.361 e. The average molecular weight is 429 g/mol. The Balaban J connectivity index is 1.97. The highest BCUT2D eigenvalue weighted by molar-refractivity contribution is 5.94. The number of carbonyl (C=O) groups is 1. The van der Waals surface area contributed by atoms with Crippen molar-refractivity contribution in [1.29, 1.82) is 0 Å². The molecule has 31 heavy (non-hydrogen) atoms. The van der Waals surface area contributed by atoms with Crippen molar-refractivity contribution in [1.82, 2.24) is 15.4 Å². The lowest BCUT2D eigenvalue weighted by Crippen LogP contribution is -2.06. The van der Waals surface area contributed by atoms with Crippen molar-refractivity contribution in [2.45, 2.75) is 6.92 Å². The van der Waals surface area contributed by atoms with Crippen molar-refractivity contribution in [2.75, 3.05) is 13.7 Å². The molecule has 0 aliphatic heterocycles. The summed E-state index contributed by atoms with van der Waals surface area (Å²) in [4.78, 5) is 32.7. The molecule has 1 heterocycles. The van der Waals surface area contributed by atoms with E-state index in [4.69, 9.17) is 14.2 Å². The number of carbonyl (C=O) groups excluding carboxylic acids is 1. The number of nitro benzene ring substituents is 2. The van der Waals surface area contributed by atoms with Gasteiger partial charge in [0.15, 0.2) is 17.2 Å². The first kappa shape index (κ1) is 21.2. The Labute approximate surface area is 173 Å². The second kappa shape index (κ2) is 8.86. The summed E-state index contributed by atoms with van der Waals surface area (Å²) in [5.41, 5.74) is -0.396. The number of nitrogens with one attached hydrogen (secondary N) is 1. The number of hydrogen-bond acceptors (Lipinski definition) is 10. The van der Waals surface area contributed by atoms with Crippen LogP contribution in [0.25, 0.3) is 11.3 Å². The largest absolute Gasteiger partial charge is 0.493 e. The van der Waals surface area contributed by atoms with E-state index in [-0.39, 0.29) is 35.2 Å². The van der Waals surface area contributed by atoms with Crippen LogP contribution in [0.3, 0.4) is 0 Å². The van der Waals surface area contributed by atoms with Crippen molar-refractivity contribution < 1.29 is 28.9 Å². The van der Waals surface area contributed by atoms with Crippen LogP contribution in [-0.2, 0) is 4.74 Å². The maximum atomic E-state index is 12.0. The molecular formula is C18H15N5O8. The van der Waals surface area contributed by atoms with Crippen LogP contribution in [-0.4, -0.2) is 44.9 Å². The zero-order valence-electron chi connectivity index (χ0n) is 16.2. The van der Waals surface area contributed by atoms with Crippen LogP contribution in [0.1, 0.15) is 17.4 Å². The lowest BCUT2D eigenvalue weighted by atomic mass is 10.1. The van der Waals surface area contributed by atoms with Gasteiger partial charge in [0, 0.05) is 11.6 Å². The van der Waals surface area contributed by atoms with Crippen LogP contribution in [0.2, 0.25) is 0 Å². The van der Waals surface area contributed by atoms with Gasteiger partial charge in [-0.15, -0.1) is 5.10 Å². The monoisotopic (exact) mass is 429 g/mol. The fraction of sp³-hybridized carbons (Fsp3) is 0.167. The van der Waals surface area contributed by atoms with Crippen LogP contribution < -0.4 is 9.47 Å². The molecule has 0 bridgehead atoms. The summed E-state index contributed by atoms with van der Waals surface area (Å²) >= 11 is 0. The summed E-state index contributed by atoms with van der Waals surface area (Å²) in [7, 11) is 1.35. The molecule has 0 radical (unpaired) electrons. The molecular weight excluding hydrogens is 414 g/mol. The van der Waals surface area contributed by atoms with E-state index in [0.717, 1.165) is 18.2 Å². The average Bonchev–Trinajstić information content (AvgIpc) is 3.24. The molecule has 0 saturated heterocycles. The molecule has 0 aliphatic carbocycles. The number of benzene rings is 2. The minimum Gasteiger partial charge on any atom is -0.493 e. The fourth-order valence-electron chi connectivity index (χ4n) is 2.64. The molecule has 0 aliphatic rings. The van der Waals surface area contributed by atoms with Gasteiger partial charge in [0.25, 0.3) is 5.69 Å². The third-order valence-electron chi connectivity index (χ3n) is 4.02. The van der Waals surface area contributed by atoms with Gasteiger partial charge in [-0.2, -0.15) is 10.3 Å². The number of methoxy groups -OCH3 is 1. The second-order valence-electron chi connectivity index (χ2n) is 5.88. The van der Waals surface area contributed by atoms with Crippen LogP contribution in [0.15, 0.2) is 36.4 Å². The van der Waals surface area contributed by atoms with E-state index < -0.39 is 27.2 Å². The predicted molar refractivity (Wildman–Crippen MR) is 104 cm³/mol. The molecule has 3 aromatic rings. The zero-order chi connectivity index (χ0) is 22.5. The summed E-state index contributed by atoms with van der Waals surface area (Å²) in [6.07, 6.45) is 0. The number of aromatic amines is 1. The van der Waals surface area contributed by atoms with E-state index in [1.54, 1.807) is 6.92 Å². The van der Waals surface area contributed by atoms with Gasteiger partial charge in [0.05, 0.1) is 29.6 Å². The SMILES string of the molecule is CCOC(=O)c1n[nH]nc1-c1ccc(Oc2ccc([N+](=O)[O-])cc2[N+](=O)[O-])c(OC)c1. The Morgan fingerprint density at radius 2 is 1.77 bits per heavy atom. The maximum Gasteiger partial charge on any atom is 0.361 e. The summed E-state index contributed by atoms with van der Waals surface area (Å²) in [5.74, 6) is -0.602. The van der Waals surface area contributed by atoms with Crippen molar-refractivity contribution in [2.24, 2.45) is 0 Å². The highest BCUT2D eigenvalue weighted by atomic mass is 16.6. The van der Waals surface area contributed by atoms with Gasteiger partial charge in [-0.25, -0.2) is 4.79 Å². The van der Waals surface area contributed by atoms with E-state index >= 15 is 0 Å². The molecule has 0 spiro atoms. The lowest BCUT2D eigenvalue weighted by Gasteiger charge is -2.12. The van der Waals surface area contributed by atoms with Gasteiger partial charge >= 0.3 is 11.7 Å². The molecule has 0 fully saturated rings. The van der Waals surface area contributed by atoms with Crippen LogP contribution in [0, 0.1) is 20.2 Å². The molecule has 3 rings (SSSR count). The minimum atomic E-state index is -0.788. The number of rotatable bonds is 8. The molecule has 1 aromatic heterocycles. The van der Waals surface area contributed by atoms with Crippen molar-refractivity contribution in [3.05, 3.63) is 62.3 Å². The Bertz CT molecular complexity index is 1160. The van der Waals surface area contributed by atoms with Crippen molar-refractivity contribution in [3.8, 4) is 28.5 Å². The molecule has 0 unspecified atom stereocenters. The topological polar surface area (TPSA) is 173 Å². The lowest BCUT2D eigenvalue weighted by molar-refractivity contribution is -0.394. The molecule has 2 aromatic carbocycles. The minimum absolute atomic E-state index is 0.0245. The maximum absolute atomic E-state index is 12.0. The molecule has 0 saturated carbocycles. The summed E-state index contributed by atoms with van der Waals surface area (Å²) in [6, 6.07) is 7.49. The summed E-state index contributed by atoms with van der Waals surface area (Å²) in [5, 5.41) is 32.3. The first-order valence-corrected chi connectivity index (χ1v) is 8.72. The number of ether oxygens (including phenoxy) is 3. The van der Waals surface area contributed by atoms with E-state index in [2.05, 4.69) is 15.4 Å². The van der Waals surface area contributed by atoms with Gasteiger partial charge in [-0.3, -0.25) is 20.2 Å². The standard InChI is InChI=1S/C18H15N5O8/c1-3-30-18(24)17-16(19-21-20-17)10-4-6-14(15(8-10)29-2)31-13-7-5-11(22(25)26)9-12(13)23(27)28/h4-9H,3H2,1-2H3,(H,19,20,21). The second-order valence-corrected chi connectivity index (χ2v) is 5.88. The molecule has 13 nitrogen and oxygen atoms in total.